The van der Waals surface area contributed by atoms with Crippen molar-refractivity contribution in [1.29, 1.82) is 0 Å². The summed E-state index contributed by atoms with van der Waals surface area (Å²) in [7, 11) is 0. The Morgan fingerprint density at radius 1 is 0.972 bits per heavy atom. The van der Waals surface area contributed by atoms with E-state index < -0.39 is 6.10 Å². The normalized spacial score (nSPS) is 17.6. The Hall–Kier alpha value is -3.85. The summed E-state index contributed by atoms with van der Waals surface area (Å²) in [5.74, 6) is 1.18. The molecule has 1 atom stereocenters. The van der Waals surface area contributed by atoms with Crippen LogP contribution in [0.1, 0.15) is 17.8 Å². The van der Waals surface area contributed by atoms with Crippen molar-refractivity contribution in [3.8, 4) is 17.2 Å². The zero-order valence-electron chi connectivity index (χ0n) is 20.6. The van der Waals surface area contributed by atoms with E-state index in [4.69, 9.17) is 9.47 Å². The van der Waals surface area contributed by atoms with E-state index in [1.54, 1.807) is 0 Å². The van der Waals surface area contributed by atoms with Crippen LogP contribution in [0.25, 0.3) is 5.69 Å². The van der Waals surface area contributed by atoms with Crippen LogP contribution in [0.4, 0.5) is 5.69 Å². The molecular formula is C27H31N5O4. The van der Waals surface area contributed by atoms with Crippen LogP contribution >= 0.6 is 0 Å². The molecule has 5 rings (SSSR count). The molecule has 0 bridgehead atoms. The van der Waals surface area contributed by atoms with Gasteiger partial charge in [0.05, 0.1) is 22.8 Å². The Kier molecular flexibility index (Phi) is 6.90. The summed E-state index contributed by atoms with van der Waals surface area (Å²) < 4.78 is 13.4. The molecule has 188 valence electrons. The number of hydrogen-bond donors (Lipinski definition) is 1. The third-order valence-electron chi connectivity index (χ3n) is 6.68. The van der Waals surface area contributed by atoms with Gasteiger partial charge in [-0.2, -0.15) is 5.10 Å². The van der Waals surface area contributed by atoms with Crippen LogP contribution in [0, 0.1) is 13.8 Å². The number of aromatic nitrogens is 2. The highest BCUT2D eigenvalue weighted by molar-refractivity contribution is 5.92. The van der Waals surface area contributed by atoms with E-state index in [-0.39, 0.29) is 18.4 Å². The van der Waals surface area contributed by atoms with E-state index in [0.29, 0.717) is 50.6 Å². The lowest BCUT2D eigenvalue weighted by Crippen LogP contribution is -2.54. The van der Waals surface area contributed by atoms with Crippen LogP contribution < -0.4 is 14.8 Å². The fraction of sp³-hybridized carbons (Fsp3) is 0.370. The van der Waals surface area contributed by atoms with Crippen molar-refractivity contribution >= 4 is 17.5 Å². The van der Waals surface area contributed by atoms with Crippen LogP contribution in [0.15, 0.2) is 54.6 Å². The van der Waals surface area contributed by atoms with E-state index in [1.807, 2.05) is 78.0 Å². The van der Waals surface area contributed by atoms with Crippen molar-refractivity contribution < 1.29 is 19.1 Å². The molecule has 36 heavy (non-hydrogen) atoms. The average molecular weight is 490 g/mol. The molecule has 2 aromatic carbocycles. The number of benzene rings is 2. The van der Waals surface area contributed by atoms with E-state index in [9.17, 15) is 9.59 Å². The first-order chi connectivity index (χ1) is 17.5. The summed E-state index contributed by atoms with van der Waals surface area (Å²) >= 11 is 0. The fourth-order valence-electron chi connectivity index (χ4n) is 4.64. The highest BCUT2D eigenvalue weighted by Gasteiger charge is 2.32. The molecule has 0 saturated carbocycles. The van der Waals surface area contributed by atoms with Crippen molar-refractivity contribution in [2.24, 2.45) is 0 Å². The van der Waals surface area contributed by atoms with Gasteiger partial charge >= 0.3 is 0 Å². The number of piperazine rings is 1. The van der Waals surface area contributed by atoms with E-state index in [2.05, 4.69) is 15.3 Å². The zero-order valence-corrected chi connectivity index (χ0v) is 20.6. The summed E-state index contributed by atoms with van der Waals surface area (Å²) in [6.45, 7) is 7.34. The lowest BCUT2D eigenvalue weighted by atomic mass is 10.2. The van der Waals surface area contributed by atoms with Crippen molar-refractivity contribution in [3.05, 3.63) is 66.0 Å². The van der Waals surface area contributed by atoms with Crippen molar-refractivity contribution in [3.63, 3.8) is 0 Å². The molecule has 2 aliphatic heterocycles. The number of nitrogens with zero attached hydrogens (tertiary/aromatic N) is 4. The highest BCUT2D eigenvalue weighted by atomic mass is 16.6. The van der Waals surface area contributed by atoms with Crippen LogP contribution in [0.2, 0.25) is 0 Å². The number of anilines is 1. The van der Waals surface area contributed by atoms with Crippen LogP contribution in [-0.2, 0) is 9.59 Å². The number of aryl methyl sites for hydroxylation is 1. The molecule has 9 heteroatoms. The van der Waals surface area contributed by atoms with Gasteiger partial charge in [0.15, 0.2) is 11.5 Å². The summed E-state index contributed by atoms with van der Waals surface area (Å²) in [6, 6.07) is 17.3. The molecule has 2 aliphatic rings. The van der Waals surface area contributed by atoms with E-state index in [1.165, 1.54) is 0 Å². The number of fused-ring (bicyclic) bond motifs is 1. The molecule has 0 aliphatic carbocycles. The number of carbonyl (C=O) groups is 2. The number of carbonyl (C=O) groups excluding carboxylic acids is 2. The molecular weight excluding hydrogens is 458 g/mol. The van der Waals surface area contributed by atoms with Gasteiger partial charge < -0.3 is 19.7 Å². The van der Waals surface area contributed by atoms with Gasteiger partial charge in [-0.1, -0.05) is 30.3 Å². The number of ether oxygens (including phenoxy) is 2. The SMILES string of the molecule is Cc1nn(-c2ccccc2)c(C)c1NC(=O)CCN1CCN(C(=O)[C@H]2COc3ccccc3O2)CC1. The lowest BCUT2D eigenvalue weighted by Gasteiger charge is -2.37. The molecule has 0 spiro atoms. The largest absolute Gasteiger partial charge is 0.485 e. The minimum Gasteiger partial charge on any atom is -0.485 e. The standard InChI is InChI=1S/C27H31N5O4/c1-19-26(20(2)32(29-19)21-8-4-3-5-9-21)28-25(33)12-13-30-14-16-31(17-15-30)27(34)24-18-35-22-10-6-7-11-23(22)36-24/h3-11,24H,12-18H2,1-2H3,(H,28,33)/t24-/m1/s1. The molecule has 3 aromatic rings. The van der Waals surface area contributed by atoms with Crippen LogP contribution in [0.3, 0.4) is 0 Å². The summed E-state index contributed by atoms with van der Waals surface area (Å²) in [5.41, 5.74) is 3.40. The molecule has 9 nitrogen and oxygen atoms in total. The first kappa shape index (κ1) is 23.9. The number of hydrogen-bond acceptors (Lipinski definition) is 6. The molecule has 1 saturated heterocycles. The predicted molar refractivity (Wildman–Crippen MR) is 136 cm³/mol. The maximum Gasteiger partial charge on any atom is 0.267 e. The molecule has 0 radical (unpaired) electrons. The summed E-state index contributed by atoms with van der Waals surface area (Å²) in [4.78, 5) is 29.7. The molecule has 3 heterocycles. The topological polar surface area (TPSA) is 88.9 Å². The second-order valence-electron chi connectivity index (χ2n) is 9.12. The smallest absolute Gasteiger partial charge is 0.267 e. The van der Waals surface area contributed by atoms with Crippen molar-refractivity contribution in [1.82, 2.24) is 19.6 Å². The second kappa shape index (κ2) is 10.4. The minimum atomic E-state index is -0.625. The van der Waals surface area contributed by atoms with Gasteiger partial charge in [0.25, 0.3) is 5.91 Å². The minimum absolute atomic E-state index is 0.0428. The number of amides is 2. The Balaban J connectivity index is 1.09. The van der Waals surface area contributed by atoms with E-state index >= 15 is 0 Å². The zero-order chi connectivity index (χ0) is 25.1. The molecule has 1 N–H and O–H groups in total. The maximum atomic E-state index is 12.9. The van der Waals surface area contributed by atoms with Crippen molar-refractivity contribution in [2.75, 3.05) is 44.6 Å². The Labute approximate surface area is 210 Å². The molecule has 2 amide bonds. The van der Waals surface area contributed by atoms with Crippen LogP contribution in [0.5, 0.6) is 11.5 Å². The van der Waals surface area contributed by atoms with Gasteiger partial charge in [0, 0.05) is 39.1 Å². The predicted octanol–water partition coefficient (Wildman–Crippen LogP) is 2.80. The average Bonchev–Trinajstić information content (AvgIpc) is 3.20. The summed E-state index contributed by atoms with van der Waals surface area (Å²) in [5, 5.41) is 7.64. The maximum absolute atomic E-state index is 12.9. The van der Waals surface area contributed by atoms with Gasteiger partial charge in [0.2, 0.25) is 12.0 Å². The van der Waals surface area contributed by atoms with Gasteiger partial charge in [0.1, 0.15) is 6.61 Å². The first-order valence-electron chi connectivity index (χ1n) is 12.3. The second-order valence-corrected chi connectivity index (χ2v) is 9.12. The number of nitrogens with one attached hydrogen (secondary N) is 1. The van der Waals surface area contributed by atoms with Gasteiger partial charge in [-0.05, 0) is 38.1 Å². The molecule has 1 fully saturated rings. The first-order valence-corrected chi connectivity index (χ1v) is 12.3. The van der Waals surface area contributed by atoms with E-state index in [0.717, 1.165) is 22.8 Å². The van der Waals surface area contributed by atoms with Crippen LogP contribution in [-0.4, -0.2) is 76.8 Å². The fourth-order valence-corrected chi connectivity index (χ4v) is 4.64. The third-order valence-corrected chi connectivity index (χ3v) is 6.68. The van der Waals surface area contributed by atoms with Gasteiger partial charge in [-0.15, -0.1) is 0 Å². The summed E-state index contributed by atoms with van der Waals surface area (Å²) in [6.07, 6.45) is -0.250. The lowest BCUT2D eigenvalue weighted by molar-refractivity contribution is -0.143. The molecule has 0 unspecified atom stereocenters. The van der Waals surface area contributed by atoms with Crippen molar-refractivity contribution in [2.45, 2.75) is 26.4 Å². The monoisotopic (exact) mass is 489 g/mol. The quantitative estimate of drug-likeness (QED) is 0.573. The number of rotatable bonds is 6. The number of para-hydroxylation sites is 3. The highest BCUT2D eigenvalue weighted by Crippen LogP contribution is 2.31. The Bertz CT molecular complexity index is 1230. The van der Waals surface area contributed by atoms with Gasteiger partial charge in [-0.3, -0.25) is 14.5 Å². The Morgan fingerprint density at radius 2 is 1.67 bits per heavy atom. The Morgan fingerprint density at radius 3 is 2.42 bits per heavy atom. The van der Waals surface area contributed by atoms with Gasteiger partial charge in [-0.25, -0.2) is 4.68 Å². The molecule has 1 aromatic heterocycles. The third kappa shape index (κ3) is 5.06.